The van der Waals surface area contributed by atoms with Gasteiger partial charge in [-0.15, -0.1) is 0 Å². The molecule has 0 saturated carbocycles. The van der Waals surface area contributed by atoms with Gasteiger partial charge in [0.15, 0.2) is 0 Å². The molecule has 0 bridgehead atoms. The number of hydrogen-bond acceptors (Lipinski definition) is 4. The average molecular weight is 325 g/mol. The van der Waals surface area contributed by atoms with Gasteiger partial charge in [-0.1, -0.05) is 23.7 Å². The molecule has 0 amide bonds. The second kappa shape index (κ2) is 6.72. The molecule has 0 aliphatic heterocycles. The molecule has 0 heterocycles. The van der Waals surface area contributed by atoms with Crippen molar-refractivity contribution in [1.82, 2.24) is 0 Å². The van der Waals surface area contributed by atoms with E-state index in [2.05, 4.69) is 5.32 Å². The minimum absolute atomic E-state index is 0.0906. The standard InChI is InChI=1S/C15H14ClFN2O3/c1-9-6-12(19(21)22)7-13(16)15(9)18-8-14(20)10-2-4-11(17)5-3-10/h2-7,14,18,20H,8H2,1H3. The molecule has 2 rings (SSSR count). The number of anilines is 1. The van der Waals surface area contributed by atoms with Gasteiger partial charge in [0.05, 0.1) is 21.7 Å². The summed E-state index contributed by atoms with van der Waals surface area (Å²) < 4.78 is 12.8. The molecule has 0 spiro atoms. The fourth-order valence-electron chi connectivity index (χ4n) is 2.06. The van der Waals surface area contributed by atoms with Crippen molar-refractivity contribution in [2.24, 2.45) is 0 Å². The molecule has 0 fully saturated rings. The maximum atomic E-state index is 12.8. The van der Waals surface area contributed by atoms with Crippen molar-refractivity contribution in [3.8, 4) is 0 Å². The number of nitro groups is 1. The van der Waals surface area contributed by atoms with Crippen LogP contribution in [0.25, 0.3) is 0 Å². The van der Waals surface area contributed by atoms with Gasteiger partial charge < -0.3 is 10.4 Å². The van der Waals surface area contributed by atoms with Crippen LogP contribution in [0.1, 0.15) is 17.2 Å². The zero-order valence-electron chi connectivity index (χ0n) is 11.7. The zero-order valence-corrected chi connectivity index (χ0v) is 12.5. The number of halogens is 2. The molecule has 1 unspecified atom stereocenters. The SMILES string of the molecule is Cc1cc([N+](=O)[O-])cc(Cl)c1NCC(O)c1ccc(F)cc1. The molecule has 1 atom stereocenters. The Hall–Kier alpha value is -2.18. The highest BCUT2D eigenvalue weighted by molar-refractivity contribution is 6.33. The Balaban J connectivity index is 2.11. The maximum Gasteiger partial charge on any atom is 0.271 e. The van der Waals surface area contributed by atoms with E-state index in [-0.39, 0.29) is 23.1 Å². The van der Waals surface area contributed by atoms with Gasteiger partial charge in [-0.25, -0.2) is 4.39 Å². The number of aryl methyl sites for hydroxylation is 1. The number of aliphatic hydroxyl groups is 1. The van der Waals surface area contributed by atoms with Gasteiger partial charge in [0.1, 0.15) is 5.82 Å². The Kier molecular flexibility index (Phi) is 4.95. The van der Waals surface area contributed by atoms with Gasteiger partial charge in [-0.3, -0.25) is 10.1 Å². The summed E-state index contributed by atoms with van der Waals surface area (Å²) in [6.07, 6.45) is -0.855. The number of non-ortho nitro benzene ring substituents is 1. The predicted octanol–water partition coefficient (Wildman–Crippen LogP) is 3.84. The first-order valence-corrected chi connectivity index (χ1v) is 6.88. The van der Waals surface area contributed by atoms with E-state index < -0.39 is 11.0 Å². The highest BCUT2D eigenvalue weighted by Gasteiger charge is 2.14. The fourth-order valence-corrected chi connectivity index (χ4v) is 2.38. The number of nitro benzene ring substituents is 1. The zero-order chi connectivity index (χ0) is 16.3. The van der Waals surface area contributed by atoms with Crippen LogP contribution in [-0.2, 0) is 0 Å². The van der Waals surface area contributed by atoms with Crippen LogP contribution in [0.3, 0.4) is 0 Å². The van der Waals surface area contributed by atoms with Gasteiger partial charge in [0.2, 0.25) is 0 Å². The molecular weight excluding hydrogens is 311 g/mol. The average Bonchev–Trinajstić information content (AvgIpc) is 2.46. The highest BCUT2D eigenvalue weighted by atomic mass is 35.5. The van der Waals surface area contributed by atoms with E-state index >= 15 is 0 Å². The van der Waals surface area contributed by atoms with Crippen LogP contribution in [-0.4, -0.2) is 16.6 Å². The van der Waals surface area contributed by atoms with E-state index in [1.165, 1.54) is 36.4 Å². The Morgan fingerprint density at radius 3 is 2.55 bits per heavy atom. The molecule has 2 aromatic rings. The van der Waals surface area contributed by atoms with Crippen LogP contribution in [0.15, 0.2) is 36.4 Å². The smallest absolute Gasteiger partial charge is 0.271 e. The summed E-state index contributed by atoms with van der Waals surface area (Å²) in [5, 5.41) is 24.0. The lowest BCUT2D eigenvalue weighted by molar-refractivity contribution is -0.384. The topological polar surface area (TPSA) is 75.4 Å². The van der Waals surface area contributed by atoms with Crippen molar-refractivity contribution in [2.45, 2.75) is 13.0 Å². The minimum Gasteiger partial charge on any atom is -0.387 e. The van der Waals surface area contributed by atoms with Crippen LogP contribution >= 0.6 is 11.6 Å². The van der Waals surface area contributed by atoms with Gasteiger partial charge in [0.25, 0.3) is 5.69 Å². The van der Waals surface area contributed by atoms with Crippen LogP contribution < -0.4 is 5.32 Å². The quantitative estimate of drug-likeness (QED) is 0.647. The largest absolute Gasteiger partial charge is 0.387 e. The summed E-state index contributed by atoms with van der Waals surface area (Å²) in [7, 11) is 0. The Bertz CT molecular complexity index is 669. The van der Waals surface area contributed by atoms with Gasteiger partial charge in [-0.05, 0) is 30.2 Å². The van der Waals surface area contributed by atoms with Crippen molar-refractivity contribution >= 4 is 23.0 Å². The molecular formula is C15H14ClFN2O3. The highest BCUT2D eigenvalue weighted by Crippen LogP contribution is 2.31. The molecule has 2 aromatic carbocycles. The van der Waals surface area contributed by atoms with Crippen LogP contribution in [0.2, 0.25) is 5.02 Å². The third kappa shape index (κ3) is 3.72. The molecule has 2 N–H and O–H groups in total. The van der Waals surface area contributed by atoms with E-state index in [1.54, 1.807) is 6.92 Å². The Morgan fingerprint density at radius 1 is 1.36 bits per heavy atom. The molecule has 0 aliphatic rings. The van der Waals surface area contributed by atoms with E-state index in [0.29, 0.717) is 16.8 Å². The molecule has 5 nitrogen and oxygen atoms in total. The lowest BCUT2D eigenvalue weighted by Gasteiger charge is -2.16. The fraction of sp³-hybridized carbons (Fsp3) is 0.200. The number of aliphatic hydroxyl groups excluding tert-OH is 1. The normalized spacial score (nSPS) is 12.0. The van der Waals surface area contributed by atoms with Crippen molar-refractivity contribution in [1.29, 1.82) is 0 Å². The van der Waals surface area contributed by atoms with E-state index in [0.717, 1.165) is 0 Å². The number of nitrogens with one attached hydrogen (secondary N) is 1. The van der Waals surface area contributed by atoms with Gasteiger partial charge >= 0.3 is 0 Å². The van der Waals surface area contributed by atoms with Crippen LogP contribution in [0.5, 0.6) is 0 Å². The van der Waals surface area contributed by atoms with E-state index in [9.17, 15) is 19.6 Å². The molecule has 0 aliphatic carbocycles. The van der Waals surface area contributed by atoms with Crippen molar-refractivity contribution in [2.75, 3.05) is 11.9 Å². The maximum absolute atomic E-state index is 12.8. The lowest BCUT2D eigenvalue weighted by Crippen LogP contribution is -2.13. The Labute approximate surface area is 131 Å². The van der Waals surface area contributed by atoms with Gasteiger partial charge in [-0.2, -0.15) is 0 Å². The van der Waals surface area contributed by atoms with Crippen molar-refractivity contribution in [3.63, 3.8) is 0 Å². The molecule has 0 saturated heterocycles. The summed E-state index contributed by atoms with van der Waals surface area (Å²) in [5.74, 6) is -0.377. The summed E-state index contributed by atoms with van der Waals surface area (Å²) in [5.41, 5.74) is 1.59. The Morgan fingerprint density at radius 2 is 2.00 bits per heavy atom. The molecule has 7 heteroatoms. The van der Waals surface area contributed by atoms with E-state index in [1.807, 2.05) is 0 Å². The second-order valence-corrected chi connectivity index (χ2v) is 5.23. The summed E-state index contributed by atoms with van der Waals surface area (Å²) in [6, 6.07) is 8.17. The van der Waals surface area contributed by atoms with Crippen molar-refractivity contribution < 1.29 is 14.4 Å². The number of nitrogens with zero attached hydrogens (tertiary/aromatic N) is 1. The lowest BCUT2D eigenvalue weighted by atomic mass is 10.1. The van der Waals surface area contributed by atoms with Crippen LogP contribution in [0.4, 0.5) is 15.8 Å². The second-order valence-electron chi connectivity index (χ2n) is 4.82. The first kappa shape index (κ1) is 16.2. The van der Waals surface area contributed by atoms with E-state index in [4.69, 9.17) is 11.6 Å². The molecule has 116 valence electrons. The monoisotopic (exact) mass is 324 g/mol. The van der Waals surface area contributed by atoms with Crippen LogP contribution in [0, 0.1) is 22.9 Å². The summed E-state index contributed by atoms with van der Waals surface area (Å²) >= 11 is 6.03. The first-order chi connectivity index (χ1) is 10.4. The molecule has 22 heavy (non-hydrogen) atoms. The third-order valence-corrected chi connectivity index (χ3v) is 3.51. The summed E-state index contributed by atoms with van der Waals surface area (Å²) in [6.45, 7) is 1.83. The summed E-state index contributed by atoms with van der Waals surface area (Å²) in [4.78, 5) is 10.2. The minimum atomic E-state index is -0.855. The first-order valence-electron chi connectivity index (χ1n) is 6.50. The predicted molar refractivity (Wildman–Crippen MR) is 82.7 cm³/mol. The molecule has 0 aromatic heterocycles. The molecule has 0 radical (unpaired) electrons. The third-order valence-electron chi connectivity index (χ3n) is 3.21. The van der Waals surface area contributed by atoms with Crippen molar-refractivity contribution in [3.05, 3.63) is 68.5 Å². The number of rotatable bonds is 5. The van der Waals surface area contributed by atoms with Gasteiger partial charge in [0, 0.05) is 18.7 Å². The number of benzene rings is 2. The number of hydrogen-bond donors (Lipinski definition) is 2.